The van der Waals surface area contributed by atoms with Gasteiger partial charge in [0, 0.05) is 11.1 Å². The van der Waals surface area contributed by atoms with Crippen molar-refractivity contribution in [3.05, 3.63) is 107 Å². The first-order valence-corrected chi connectivity index (χ1v) is 8.88. The van der Waals surface area contributed by atoms with Crippen molar-refractivity contribution in [3.63, 3.8) is 0 Å². The highest BCUT2D eigenvalue weighted by molar-refractivity contribution is 5.49. The molecule has 2 heteroatoms. The number of methoxy groups -OCH3 is 1. The van der Waals surface area contributed by atoms with Crippen molar-refractivity contribution < 1.29 is 9.47 Å². The minimum atomic E-state index is 0.534. The summed E-state index contributed by atoms with van der Waals surface area (Å²) in [5.41, 5.74) is 4.20. The molecule has 2 nitrogen and oxygen atoms in total. The normalized spacial score (nSPS) is 10.4. The number of rotatable bonds is 6. The number of ether oxygens (including phenoxy) is 2. The smallest absolute Gasteiger partial charge is 0.118 e. The molecule has 0 aliphatic rings. The van der Waals surface area contributed by atoms with Crippen molar-refractivity contribution in [2.75, 3.05) is 13.7 Å². The first kappa shape index (κ1) is 18.5. The van der Waals surface area contributed by atoms with Crippen molar-refractivity contribution in [1.82, 2.24) is 0 Å². The Bertz CT molecular complexity index is 929. The zero-order chi connectivity index (χ0) is 18.7. The van der Waals surface area contributed by atoms with Gasteiger partial charge < -0.3 is 9.47 Å². The topological polar surface area (TPSA) is 18.5 Å². The van der Waals surface area contributed by atoms with Crippen molar-refractivity contribution >= 4 is 6.08 Å². The van der Waals surface area contributed by atoms with Crippen LogP contribution in [0.4, 0.5) is 0 Å². The molecule has 0 saturated heterocycles. The Balaban J connectivity index is 1.59. The molecule has 0 bridgehead atoms. The van der Waals surface area contributed by atoms with Crippen LogP contribution < -0.4 is 4.74 Å². The molecule has 0 fully saturated rings. The fourth-order valence-electron chi connectivity index (χ4n) is 2.57. The number of hydrogen-bond donors (Lipinski definition) is 0. The van der Waals surface area contributed by atoms with Gasteiger partial charge >= 0.3 is 0 Å². The van der Waals surface area contributed by atoms with Crippen molar-refractivity contribution in [2.45, 2.75) is 6.61 Å². The van der Waals surface area contributed by atoms with Crippen LogP contribution >= 0.6 is 0 Å². The van der Waals surface area contributed by atoms with E-state index < -0.39 is 0 Å². The van der Waals surface area contributed by atoms with Crippen LogP contribution in [-0.2, 0) is 11.3 Å². The van der Waals surface area contributed by atoms with Crippen molar-refractivity contribution in [2.24, 2.45) is 0 Å². The van der Waals surface area contributed by atoms with E-state index in [9.17, 15) is 0 Å². The lowest BCUT2D eigenvalue weighted by Gasteiger charge is -2.04. The van der Waals surface area contributed by atoms with Crippen LogP contribution in [0.5, 0.6) is 5.75 Å². The molecule has 0 aliphatic heterocycles. The predicted octanol–water partition coefficient (Wildman–Crippen LogP) is 5.33. The monoisotopic (exact) mass is 354 g/mol. The highest BCUT2D eigenvalue weighted by Crippen LogP contribution is 2.12. The third-order valence-corrected chi connectivity index (χ3v) is 4.03. The van der Waals surface area contributed by atoms with Crippen LogP contribution in [0.15, 0.2) is 84.9 Å². The quantitative estimate of drug-likeness (QED) is 0.440. The molecule has 0 N–H and O–H groups in total. The highest BCUT2D eigenvalue weighted by Gasteiger charge is 1.99. The first-order chi connectivity index (χ1) is 13.3. The summed E-state index contributed by atoms with van der Waals surface area (Å²) in [5.74, 6) is 7.28. The van der Waals surface area contributed by atoms with E-state index in [2.05, 4.69) is 36.1 Å². The molecule has 0 unspecified atom stereocenters. The molecule has 0 aliphatic carbocycles. The predicted molar refractivity (Wildman–Crippen MR) is 111 cm³/mol. The molecule has 0 atom stereocenters. The maximum atomic E-state index is 5.79. The van der Waals surface area contributed by atoms with Gasteiger partial charge in [-0.05, 0) is 41.5 Å². The van der Waals surface area contributed by atoms with Gasteiger partial charge in [0.1, 0.15) is 5.75 Å². The Labute approximate surface area is 161 Å². The third-order valence-electron chi connectivity index (χ3n) is 4.03. The molecular weight excluding hydrogens is 332 g/mol. The minimum Gasteiger partial charge on any atom is -0.497 e. The van der Waals surface area contributed by atoms with Crippen LogP contribution in [0, 0.1) is 11.8 Å². The van der Waals surface area contributed by atoms with Crippen LogP contribution in [0.25, 0.3) is 6.08 Å². The van der Waals surface area contributed by atoms with E-state index in [1.54, 1.807) is 7.11 Å². The minimum absolute atomic E-state index is 0.534. The fourth-order valence-corrected chi connectivity index (χ4v) is 2.57. The average molecular weight is 354 g/mol. The van der Waals surface area contributed by atoms with E-state index in [-0.39, 0.29) is 0 Å². The summed E-state index contributed by atoms with van der Waals surface area (Å²) in [5, 5.41) is 0. The van der Waals surface area contributed by atoms with Gasteiger partial charge in [0.2, 0.25) is 0 Å². The summed E-state index contributed by atoms with van der Waals surface area (Å²) in [7, 11) is 1.66. The van der Waals surface area contributed by atoms with E-state index >= 15 is 0 Å². The molecule has 3 aromatic carbocycles. The number of hydrogen-bond acceptors (Lipinski definition) is 2. The maximum absolute atomic E-state index is 5.79. The summed E-state index contributed by atoms with van der Waals surface area (Å²) < 4.78 is 11.0. The lowest BCUT2D eigenvalue weighted by atomic mass is 10.1. The maximum Gasteiger partial charge on any atom is 0.118 e. The van der Waals surface area contributed by atoms with Gasteiger partial charge in [0.15, 0.2) is 0 Å². The summed E-state index contributed by atoms with van der Waals surface area (Å²) in [6, 6.07) is 26.0. The lowest BCUT2D eigenvalue weighted by molar-refractivity contribution is 0.149. The van der Waals surface area contributed by atoms with Crippen LogP contribution in [0.1, 0.15) is 22.3 Å². The van der Waals surface area contributed by atoms with Gasteiger partial charge in [-0.2, -0.15) is 0 Å². The molecule has 3 aromatic rings. The molecule has 134 valence electrons. The second-order valence-corrected chi connectivity index (χ2v) is 5.96. The van der Waals surface area contributed by atoms with Gasteiger partial charge in [0.05, 0.1) is 20.3 Å². The molecule has 0 amide bonds. The molecule has 3 rings (SSSR count). The Morgan fingerprint density at radius 2 is 1.56 bits per heavy atom. The first-order valence-electron chi connectivity index (χ1n) is 8.88. The molecule has 0 heterocycles. The van der Waals surface area contributed by atoms with E-state index in [1.807, 2.05) is 66.7 Å². The van der Waals surface area contributed by atoms with Crippen LogP contribution in [-0.4, -0.2) is 13.7 Å². The standard InChI is InChI=1S/C25H22O2/c1-26-25-17-14-22(15-18-25)13-16-23-11-5-6-12-24(23)20-27-19-7-10-21-8-3-2-4-9-21/h2-12,14-15,17-18H,19-20H2,1H3/b10-7+. The van der Waals surface area contributed by atoms with Crippen molar-refractivity contribution in [1.29, 1.82) is 0 Å². The van der Waals surface area contributed by atoms with Crippen molar-refractivity contribution in [3.8, 4) is 17.6 Å². The number of benzene rings is 3. The average Bonchev–Trinajstić information content (AvgIpc) is 2.74. The zero-order valence-electron chi connectivity index (χ0n) is 15.4. The highest BCUT2D eigenvalue weighted by atomic mass is 16.5. The fraction of sp³-hybridized carbons (Fsp3) is 0.120. The molecular formula is C25H22O2. The second-order valence-electron chi connectivity index (χ2n) is 5.96. The van der Waals surface area contributed by atoms with Gasteiger partial charge in [-0.15, -0.1) is 0 Å². The van der Waals surface area contributed by atoms with E-state index in [0.717, 1.165) is 22.4 Å². The molecule has 27 heavy (non-hydrogen) atoms. The summed E-state index contributed by atoms with van der Waals surface area (Å²) in [6.45, 7) is 1.10. The summed E-state index contributed by atoms with van der Waals surface area (Å²) in [4.78, 5) is 0. The summed E-state index contributed by atoms with van der Waals surface area (Å²) >= 11 is 0. The van der Waals surface area contributed by atoms with Crippen LogP contribution in [0.3, 0.4) is 0 Å². The molecule has 0 saturated carbocycles. The lowest BCUT2D eigenvalue weighted by Crippen LogP contribution is -1.95. The van der Waals surface area contributed by atoms with E-state index in [4.69, 9.17) is 9.47 Å². The second kappa shape index (κ2) is 10.0. The Kier molecular flexibility index (Phi) is 6.86. The molecule has 0 radical (unpaired) electrons. The Hall–Kier alpha value is -3.28. The summed E-state index contributed by atoms with van der Waals surface area (Å²) in [6.07, 6.45) is 4.09. The van der Waals surface area contributed by atoms with Gasteiger partial charge in [-0.25, -0.2) is 0 Å². The van der Waals surface area contributed by atoms with E-state index in [1.165, 1.54) is 5.56 Å². The van der Waals surface area contributed by atoms with Gasteiger partial charge in [-0.3, -0.25) is 0 Å². The van der Waals surface area contributed by atoms with Gasteiger partial charge in [0.25, 0.3) is 0 Å². The van der Waals surface area contributed by atoms with E-state index in [0.29, 0.717) is 13.2 Å². The largest absolute Gasteiger partial charge is 0.497 e. The van der Waals surface area contributed by atoms with Crippen LogP contribution in [0.2, 0.25) is 0 Å². The third kappa shape index (κ3) is 5.88. The zero-order valence-corrected chi connectivity index (χ0v) is 15.4. The molecule has 0 aromatic heterocycles. The molecule has 0 spiro atoms. The Morgan fingerprint density at radius 3 is 2.33 bits per heavy atom. The SMILES string of the molecule is COc1ccc(C#Cc2ccccc2COC/C=C/c2ccccc2)cc1. The van der Waals surface area contributed by atoms with Gasteiger partial charge in [-0.1, -0.05) is 72.5 Å². The Morgan fingerprint density at radius 1 is 0.815 bits per heavy atom.